The Morgan fingerprint density at radius 2 is 2.05 bits per heavy atom. The molecule has 0 amide bonds. The van der Waals surface area contributed by atoms with E-state index in [1.165, 1.54) is 0 Å². The van der Waals surface area contributed by atoms with Crippen molar-refractivity contribution < 1.29 is 4.92 Å². The number of benzene rings is 1. The molecule has 0 saturated heterocycles. The third kappa shape index (κ3) is 3.28. The number of nitro groups is 1. The van der Waals surface area contributed by atoms with Crippen LogP contribution >= 0.6 is 31.9 Å². The van der Waals surface area contributed by atoms with Crippen LogP contribution in [0.1, 0.15) is 5.56 Å². The molecule has 0 aliphatic heterocycles. The molecule has 1 aromatic carbocycles. The van der Waals surface area contributed by atoms with E-state index in [4.69, 9.17) is 10.5 Å². The van der Waals surface area contributed by atoms with Crippen LogP contribution in [-0.2, 0) is 0 Å². The largest absolute Gasteiger partial charge is 0.299 e. The van der Waals surface area contributed by atoms with E-state index in [0.717, 1.165) is 0 Å². The van der Waals surface area contributed by atoms with Crippen molar-refractivity contribution in [1.82, 2.24) is 0 Å². The summed E-state index contributed by atoms with van der Waals surface area (Å²) >= 11 is 6.21. The quantitative estimate of drug-likeness (QED) is 0.486. The van der Waals surface area contributed by atoms with Gasteiger partial charge in [0.05, 0.1) is 15.1 Å². The lowest BCUT2D eigenvalue weighted by Crippen LogP contribution is -2.01. The number of nitrogens with zero attached hydrogens (tertiary/aromatic N) is 4. The summed E-state index contributed by atoms with van der Waals surface area (Å²) in [5.74, 6) is 0. The molecule has 0 aromatic heterocycles. The second kappa shape index (κ2) is 6.27. The number of aryl methyl sites for hydroxylation is 1. The van der Waals surface area contributed by atoms with Gasteiger partial charge in [0.25, 0.3) is 5.69 Å². The summed E-state index contributed by atoms with van der Waals surface area (Å²) in [7, 11) is 0. The van der Waals surface area contributed by atoms with E-state index in [9.17, 15) is 10.1 Å². The van der Waals surface area contributed by atoms with Crippen molar-refractivity contribution in [3.05, 3.63) is 30.7 Å². The topological polar surface area (TPSA) is 115 Å². The maximum absolute atomic E-state index is 10.9. The number of anilines is 1. The van der Waals surface area contributed by atoms with Crippen LogP contribution in [0.4, 0.5) is 11.4 Å². The summed E-state index contributed by atoms with van der Waals surface area (Å²) in [6.07, 6.45) is 0. The molecule has 0 saturated carbocycles. The lowest BCUT2D eigenvalue weighted by atomic mass is 10.2. The van der Waals surface area contributed by atoms with Crippen LogP contribution in [0.2, 0.25) is 0 Å². The summed E-state index contributed by atoms with van der Waals surface area (Å²) in [5.41, 5.74) is 2.90. The highest BCUT2D eigenvalue weighted by molar-refractivity contribution is 9.11. The summed E-state index contributed by atoms with van der Waals surface area (Å²) in [6, 6.07) is 4.70. The predicted molar refractivity (Wildman–Crippen MR) is 75.5 cm³/mol. The van der Waals surface area contributed by atoms with Crippen molar-refractivity contribution in [1.29, 1.82) is 10.5 Å². The van der Waals surface area contributed by atoms with Gasteiger partial charge in [-0.05, 0) is 50.4 Å². The average molecular weight is 387 g/mol. The maximum Gasteiger partial charge on any atom is 0.299 e. The Morgan fingerprint density at radius 3 is 2.53 bits per heavy atom. The van der Waals surface area contributed by atoms with Gasteiger partial charge in [-0.1, -0.05) is 0 Å². The first-order valence-corrected chi connectivity index (χ1v) is 6.27. The Bertz CT molecular complexity index is 641. The molecule has 0 unspecified atom stereocenters. The van der Waals surface area contributed by atoms with Gasteiger partial charge in [-0.25, -0.2) is 0 Å². The van der Waals surface area contributed by atoms with Crippen LogP contribution in [0.5, 0.6) is 0 Å². The maximum atomic E-state index is 10.9. The SMILES string of the molecule is Cc1cc(Br)c([N+](=O)[O-])c(Br)c1NN=C(C#N)C#N. The molecule has 0 spiro atoms. The van der Waals surface area contributed by atoms with Crippen molar-refractivity contribution >= 4 is 48.9 Å². The second-order valence-corrected chi connectivity index (χ2v) is 4.91. The van der Waals surface area contributed by atoms with E-state index in [1.54, 1.807) is 25.1 Å². The number of nitrogens with one attached hydrogen (secondary N) is 1. The van der Waals surface area contributed by atoms with Gasteiger partial charge in [0.15, 0.2) is 0 Å². The van der Waals surface area contributed by atoms with Gasteiger partial charge in [0.1, 0.15) is 16.6 Å². The van der Waals surface area contributed by atoms with Crippen molar-refractivity contribution in [2.45, 2.75) is 6.92 Å². The van der Waals surface area contributed by atoms with Gasteiger partial charge < -0.3 is 0 Å². The number of halogens is 2. The molecule has 96 valence electrons. The van der Waals surface area contributed by atoms with Gasteiger partial charge in [-0.15, -0.1) is 0 Å². The Morgan fingerprint density at radius 1 is 1.47 bits per heavy atom. The van der Waals surface area contributed by atoms with Crippen molar-refractivity contribution in [2.24, 2.45) is 5.10 Å². The Balaban J connectivity index is 3.35. The zero-order valence-electron chi connectivity index (χ0n) is 9.44. The molecular formula is C10H5Br2N5O2. The first-order chi connectivity index (χ1) is 8.92. The number of nitro benzene ring substituents is 1. The van der Waals surface area contributed by atoms with E-state index in [2.05, 4.69) is 42.4 Å². The Labute approximate surface area is 124 Å². The first kappa shape index (κ1) is 15.1. The molecule has 1 rings (SSSR count). The Kier molecular flexibility index (Phi) is 4.98. The fraction of sp³-hybridized carbons (Fsp3) is 0.100. The Hall–Kier alpha value is -1.97. The molecule has 0 radical (unpaired) electrons. The molecule has 9 heteroatoms. The van der Waals surface area contributed by atoms with Gasteiger partial charge in [-0.3, -0.25) is 15.5 Å². The fourth-order valence-electron chi connectivity index (χ4n) is 1.22. The molecule has 7 nitrogen and oxygen atoms in total. The second-order valence-electron chi connectivity index (χ2n) is 3.27. The smallest absolute Gasteiger partial charge is 0.275 e. The number of nitriles is 2. The molecule has 0 fully saturated rings. The summed E-state index contributed by atoms with van der Waals surface area (Å²) < 4.78 is 0.501. The number of hydrogen-bond donors (Lipinski definition) is 1. The fourth-order valence-corrected chi connectivity index (χ4v) is 2.93. The lowest BCUT2D eigenvalue weighted by Gasteiger charge is -2.09. The molecule has 0 atom stereocenters. The molecular weight excluding hydrogens is 382 g/mol. The average Bonchev–Trinajstić information content (AvgIpc) is 2.32. The van der Waals surface area contributed by atoms with Crippen LogP contribution in [0.3, 0.4) is 0 Å². The minimum absolute atomic E-state index is 0.168. The highest BCUT2D eigenvalue weighted by Crippen LogP contribution is 2.40. The minimum atomic E-state index is -0.558. The van der Waals surface area contributed by atoms with Gasteiger partial charge >= 0.3 is 0 Å². The molecule has 1 aromatic rings. The van der Waals surface area contributed by atoms with E-state index in [1.807, 2.05) is 0 Å². The molecule has 0 aliphatic rings. The standard InChI is InChI=1S/C10H5Br2N5O2/c1-5-2-7(11)10(17(18)19)8(12)9(5)16-15-6(3-13)4-14/h2,16H,1H3. The zero-order chi connectivity index (χ0) is 14.6. The molecule has 0 bridgehead atoms. The van der Waals surface area contributed by atoms with Crippen molar-refractivity contribution in [3.63, 3.8) is 0 Å². The van der Waals surface area contributed by atoms with Gasteiger partial charge in [-0.2, -0.15) is 15.6 Å². The van der Waals surface area contributed by atoms with E-state index >= 15 is 0 Å². The van der Waals surface area contributed by atoms with Crippen molar-refractivity contribution in [2.75, 3.05) is 5.43 Å². The van der Waals surface area contributed by atoms with E-state index in [0.29, 0.717) is 15.7 Å². The third-order valence-corrected chi connectivity index (χ3v) is 3.44. The predicted octanol–water partition coefficient (Wildman–Crippen LogP) is 3.24. The van der Waals surface area contributed by atoms with Crippen LogP contribution in [0.25, 0.3) is 0 Å². The normalized spacial score (nSPS) is 9.11. The van der Waals surface area contributed by atoms with Crippen molar-refractivity contribution in [3.8, 4) is 12.1 Å². The third-order valence-electron chi connectivity index (χ3n) is 2.07. The summed E-state index contributed by atoms with van der Waals surface area (Å²) in [4.78, 5) is 10.4. The number of rotatable bonds is 3. The molecule has 19 heavy (non-hydrogen) atoms. The minimum Gasteiger partial charge on any atom is -0.275 e. The number of hydrazone groups is 1. The molecule has 0 heterocycles. The van der Waals surface area contributed by atoms with Crippen LogP contribution in [-0.4, -0.2) is 10.6 Å². The monoisotopic (exact) mass is 385 g/mol. The zero-order valence-corrected chi connectivity index (χ0v) is 12.6. The van der Waals surface area contributed by atoms with E-state index < -0.39 is 4.92 Å². The van der Waals surface area contributed by atoms with Gasteiger partial charge in [0, 0.05) is 0 Å². The summed E-state index contributed by atoms with van der Waals surface area (Å²) in [6.45, 7) is 1.70. The first-order valence-electron chi connectivity index (χ1n) is 4.69. The van der Waals surface area contributed by atoms with Gasteiger partial charge in [0.2, 0.25) is 5.71 Å². The lowest BCUT2D eigenvalue weighted by molar-refractivity contribution is -0.386. The molecule has 1 N–H and O–H groups in total. The highest BCUT2D eigenvalue weighted by Gasteiger charge is 2.22. The highest BCUT2D eigenvalue weighted by atomic mass is 79.9. The van der Waals surface area contributed by atoms with E-state index in [-0.39, 0.29) is 15.9 Å². The van der Waals surface area contributed by atoms with Crippen LogP contribution in [0.15, 0.2) is 20.1 Å². The van der Waals surface area contributed by atoms with Crippen LogP contribution < -0.4 is 5.43 Å². The number of hydrogen-bond acceptors (Lipinski definition) is 6. The van der Waals surface area contributed by atoms with Crippen LogP contribution in [0, 0.1) is 39.7 Å². The molecule has 0 aliphatic carbocycles. The summed E-state index contributed by atoms with van der Waals surface area (Å²) in [5, 5.41) is 31.6.